The SMILES string of the molecule is [CH2]OC(=O)C(CCC)(CCC)CCC. The Kier molecular flexibility index (Phi) is 6.60. The van der Waals surface area contributed by atoms with Crippen LogP contribution < -0.4 is 0 Å². The normalized spacial score (nSPS) is 11.4. The van der Waals surface area contributed by atoms with Crippen LogP contribution in [-0.4, -0.2) is 5.97 Å². The Morgan fingerprint density at radius 1 is 1.07 bits per heavy atom. The summed E-state index contributed by atoms with van der Waals surface area (Å²) >= 11 is 0. The third kappa shape index (κ3) is 3.32. The summed E-state index contributed by atoms with van der Waals surface area (Å²) in [5, 5.41) is 0. The average molecular weight is 199 g/mol. The number of hydrogen-bond donors (Lipinski definition) is 0. The molecule has 0 aromatic heterocycles. The molecule has 0 bridgehead atoms. The van der Waals surface area contributed by atoms with E-state index >= 15 is 0 Å². The lowest BCUT2D eigenvalue weighted by Crippen LogP contribution is -2.31. The summed E-state index contributed by atoms with van der Waals surface area (Å²) in [7, 11) is 3.25. The van der Waals surface area contributed by atoms with Crippen LogP contribution in [0.4, 0.5) is 0 Å². The molecule has 0 atom stereocenters. The van der Waals surface area contributed by atoms with Crippen molar-refractivity contribution in [3.63, 3.8) is 0 Å². The molecular weight excluding hydrogens is 176 g/mol. The maximum atomic E-state index is 11.7. The van der Waals surface area contributed by atoms with E-state index in [-0.39, 0.29) is 11.4 Å². The zero-order valence-electron chi connectivity index (χ0n) is 9.77. The van der Waals surface area contributed by atoms with Crippen LogP contribution in [-0.2, 0) is 9.53 Å². The molecule has 0 aliphatic rings. The first kappa shape index (κ1) is 13.5. The highest BCUT2D eigenvalue weighted by Gasteiger charge is 2.36. The lowest BCUT2D eigenvalue weighted by atomic mass is 9.76. The maximum absolute atomic E-state index is 11.7. The molecule has 0 aliphatic carbocycles. The van der Waals surface area contributed by atoms with Crippen molar-refractivity contribution in [2.75, 3.05) is 0 Å². The molecule has 0 N–H and O–H groups in total. The Morgan fingerprint density at radius 3 is 1.64 bits per heavy atom. The minimum absolute atomic E-state index is 0.122. The van der Waals surface area contributed by atoms with Crippen LogP contribution >= 0.6 is 0 Å². The molecule has 2 nitrogen and oxygen atoms in total. The van der Waals surface area contributed by atoms with Crippen LogP contribution in [0.25, 0.3) is 0 Å². The van der Waals surface area contributed by atoms with E-state index < -0.39 is 0 Å². The van der Waals surface area contributed by atoms with Crippen LogP contribution in [0.5, 0.6) is 0 Å². The Morgan fingerprint density at radius 2 is 1.43 bits per heavy atom. The molecule has 0 heterocycles. The van der Waals surface area contributed by atoms with Gasteiger partial charge in [-0.05, 0) is 19.3 Å². The topological polar surface area (TPSA) is 26.3 Å². The highest BCUT2D eigenvalue weighted by Crippen LogP contribution is 2.36. The summed E-state index contributed by atoms with van der Waals surface area (Å²) in [6, 6.07) is 0. The monoisotopic (exact) mass is 199 g/mol. The van der Waals surface area contributed by atoms with Gasteiger partial charge >= 0.3 is 5.97 Å². The van der Waals surface area contributed by atoms with Gasteiger partial charge in [0.1, 0.15) is 7.11 Å². The second-order valence-corrected chi connectivity index (χ2v) is 3.96. The van der Waals surface area contributed by atoms with Crippen LogP contribution in [0.1, 0.15) is 59.3 Å². The van der Waals surface area contributed by atoms with Crippen molar-refractivity contribution in [1.82, 2.24) is 0 Å². The molecule has 0 aromatic carbocycles. The van der Waals surface area contributed by atoms with Gasteiger partial charge in [0.15, 0.2) is 0 Å². The maximum Gasteiger partial charge on any atom is 0.312 e. The average Bonchev–Trinajstić information content (AvgIpc) is 2.17. The number of carbonyl (C=O) groups is 1. The van der Waals surface area contributed by atoms with E-state index in [1.165, 1.54) is 0 Å². The molecule has 14 heavy (non-hydrogen) atoms. The first-order chi connectivity index (χ1) is 6.66. The quantitative estimate of drug-likeness (QED) is 0.584. The zero-order chi connectivity index (χ0) is 11.0. The molecule has 0 aliphatic heterocycles. The van der Waals surface area contributed by atoms with Gasteiger partial charge in [-0.25, -0.2) is 0 Å². The van der Waals surface area contributed by atoms with Gasteiger partial charge in [-0.3, -0.25) is 4.79 Å². The molecular formula is C12H23O2. The number of hydrogen-bond acceptors (Lipinski definition) is 2. The predicted octanol–water partition coefficient (Wildman–Crippen LogP) is 3.71. The summed E-state index contributed by atoms with van der Waals surface area (Å²) < 4.78 is 4.68. The van der Waals surface area contributed by atoms with Crippen molar-refractivity contribution >= 4 is 5.97 Å². The fourth-order valence-corrected chi connectivity index (χ4v) is 2.27. The second-order valence-electron chi connectivity index (χ2n) is 3.96. The summed E-state index contributed by atoms with van der Waals surface area (Å²) in [6.07, 6.45) is 5.83. The van der Waals surface area contributed by atoms with Crippen molar-refractivity contribution < 1.29 is 9.53 Å². The second kappa shape index (κ2) is 6.86. The third-order valence-corrected chi connectivity index (χ3v) is 2.75. The highest BCUT2D eigenvalue weighted by atomic mass is 16.5. The zero-order valence-corrected chi connectivity index (χ0v) is 9.77. The first-order valence-corrected chi connectivity index (χ1v) is 5.63. The molecule has 0 saturated carbocycles. The summed E-state index contributed by atoms with van der Waals surface area (Å²) in [4.78, 5) is 11.7. The van der Waals surface area contributed by atoms with Crippen LogP contribution in [0.2, 0.25) is 0 Å². The Hall–Kier alpha value is -0.530. The van der Waals surface area contributed by atoms with Gasteiger partial charge in [0, 0.05) is 0 Å². The van der Waals surface area contributed by atoms with E-state index in [1.54, 1.807) is 0 Å². The van der Waals surface area contributed by atoms with Crippen LogP contribution in [0, 0.1) is 12.5 Å². The van der Waals surface area contributed by atoms with Crippen LogP contribution in [0.15, 0.2) is 0 Å². The summed E-state index contributed by atoms with van der Waals surface area (Å²) in [5.74, 6) is -0.122. The van der Waals surface area contributed by atoms with Crippen molar-refractivity contribution in [1.29, 1.82) is 0 Å². The molecule has 0 unspecified atom stereocenters. The lowest BCUT2D eigenvalue weighted by Gasteiger charge is -2.30. The molecule has 83 valence electrons. The largest absolute Gasteiger partial charge is 0.462 e. The van der Waals surface area contributed by atoms with Crippen molar-refractivity contribution in [2.24, 2.45) is 5.41 Å². The van der Waals surface area contributed by atoms with Gasteiger partial charge in [0.25, 0.3) is 0 Å². The smallest absolute Gasteiger partial charge is 0.312 e. The van der Waals surface area contributed by atoms with E-state index in [0.717, 1.165) is 38.5 Å². The minimum Gasteiger partial charge on any atom is -0.462 e. The standard InChI is InChI=1S/C12H23O2/c1-5-8-12(9-6-2,10-7-3)11(13)14-4/h4-10H2,1-3H3. The van der Waals surface area contributed by atoms with Crippen molar-refractivity contribution in [2.45, 2.75) is 59.3 Å². The molecule has 0 fully saturated rings. The van der Waals surface area contributed by atoms with E-state index in [1.807, 2.05) is 0 Å². The van der Waals surface area contributed by atoms with Gasteiger partial charge in [-0.15, -0.1) is 0 Å². The van der Waals surface area contributed by atoms with E-state index in [0.29, 0.717) is 0 Å². The number of esters is 1. The van der Waals surface area contributed by atoms with Gasteiger partial charge in [0.05, 0.1) is 5.41 Å². The fourth-order valence-electron chi connectivity index (χ4n) is 2.27. The Labute approximate surface area is 88.0 Å². The fraction of sp³-hybridized carbons (Fsp3) is 0.833. The first-order valence-electron chi connectivity index (χ1n) is 5.63. The third-order valence-electron chi connectivity index (χ3n) is 2.75. The van der Waals surface area contributed by atoms with Crippen molar-refractivity contribution in [3.05, 3.63) is 7.11 Å². The molecule has 2 heteroatoms. The number of carbonyl (C=O) groups excluding carboxylic acids is 1. The summed E-state index contributed by atoms with van der Waals surface area (Å²) in [6.45, 7) is 6.32. The van der Waals surface area contributed by atoms with E-state index in [4.69, 9.17) is 0 Å². The molecule has 0 rings (SSSR count). The predicted molar refractivity (Wildman–Crippen MR) is 58.6 cm³/mol. The van der Waals surface area contributed by atoms with Gasteiger partial charge in [-0.2, -0.15) is 0 Å². The minimum atomic E-state index is -0.264. The Bertz CT molecular complexity index is 147. The highest BCUT2D eigenvalue weighted by molar-refractivity contribution is 5.76. The Balaban J connectivity index is 4.62. The van der Waals surface area contributed by atoms with Gasteiger partial charge < -0.3 is 4.74 Å². The van der Waals surface area contributed by atoms with Crippen molar-refractivity contribution in [3.8, 4) is 0 Å². The van der Waals surface area contributed by atoms with Crippen LogP contribution in [0.3, 0.4) is 0 Å². The molecule has 0 saturated heterocycles. The van der Waals surface area contributed by atoms with Gasteiger partial charge in [0.2, 0.25) is 0 Å². The number of ether oxygens (including phenoxy) is 1. The van der Waals surface area contributed by atoms with E-state index in [2.05, 4.69) is 32.6 Å². The lowest BCUT2D eigenvalue weighted by molar-refractivity contribution is -0.152. The number of rotatable bonds is 7. The molecule has 0 aromatic rings. The summed E-state index contributed by atoms with van der Waals surface area (Å²) in [5.41, 5.74) is -0.264. The van der Waals surface area contributed by atoms with E-state index in [9.17, 15) is 4.79 Å². The molecule has 0 amide bonds. The molecule has 1 radical (unpaired) electrons. The van der Waals surface area contributed by atoms with Gasteiger partial charge in [-0.1, -0.05) is 40.0 Å². The molecule has 0 spiro atoms.